The van der Waals surface area contributed by atoms with Crippen molar-refractivity contribution >= 4 is 26.5 Å². The monoisotopic (exact) mass is 410 g/mol. The zero-order valence-electron chi connectivity index (χ0n) is 15.6. The number of rotatable bonds is 6. The van der Waals surface area contributed by atoms with Crippen molar-refractivity contribution in [3.05, 3.63) is 76.3 Å². The normalized spacial score (nSPS) is 10.9. The molecule has 0 aromatic heterocycles. The number of nitrogens with one attached hydrogen (secondary N) is 1. The zero-order chi connectivity index (χ0) is 20.9. The van der Waals surface area contributed by atoms with Crippen LogP contribution in [0.1, 0.15) is 5.56 Å². The molecule has 0 bridgehead atoms. The van der Waals surface area contributed by atoms with Crippen LogP contribution in [0.3, 0.4) is 0 Å². The molecule has 3 aromatic rings. The Labute approximate surface area is 168 Å². The molecule has 3 rings (SSSR count). The molecular weight excluding hydrogens is 392 g/mol. The Kier molecular flexibility index (Phi) is 6.12. The maximum absolute atomic E-state index is 12.4. The van der Waals surface area contributed by atoms with Crippen LogP contribution in [0.4, 0.5) is 5.69 Å². The Bertz CT molecular complexity index is 1220. The number of aryl methyl sites for hydroxylation is 1. The second-order valence-corrected chi connectivity index (χ2v) is 7.89. The van der Waals surface area contributed by atoms with E-state index >= 15 is 0 Å². The average Bonchev–Trinajstić information content (AvgIpc) is 2.70. The van der Waals surface area contributed by atoms with Crippen LogP contribution in [0.5, 0.6) is 5.75 Å². The Morgan fingerprint density at radius 2 is 1.83 bits per heavy atom. The molecule has 0 amide bonds. The fourth-order valence-corrected chi connectivity index (χ4v) is 3.94. The molecule has 0 atom stereocenters. The molecule has 148 valence electrons. The van der Waals surface area contributed by atoms with E-state index in [4.69, 9.17) is 4.74 Å². The first-order chi connectivity index (χ1) is 13.9. The Morgan fingerprint density at radius 3 is 2.62 bits per heavy atom. The highest BCUT2D eigenvalue weighted by Gasteiger charge is 2.19. The minimum atomic E-state index is -3.91. The molecule has 8 heteroatoms. The Balaban J connectivity index is 1.61. The van der Waals surface area contributed by atoms with Crippen molar-refractivity contribution in [1.29, 1.82) is 0 Å². The summed E-state index contributed by atoms with van der Waals surface area (Å²) in [5.41, 5.74) is 0.126. The van der Waals surface area contributed by atoms with Crippen LogP contribution in [-0.4, -0.2) is 26.5 Å². The number of ether oxygens (including phenoxy) is 1. The van der Waals surface area contributed by atoms with Gasteiger partial charge in [0, 0.05) is 17.5 Å². The van der Waals surface area contributed by atoms with Gasteiger partial charge in [-0.3, -0.25) is 10.1 Å². The van der Waals surface area contributed by atoms with Gasteiger partial charge in [0.15, 0.2) is 0 Å². The number of nitro groups is 1. The Morgan fingerprint density at radius 1 is 1.07 bits per heavy atom. The van der Waals surface area contributed by atoms with Crippen molar-refractivity contribution in [3.63, 3.8) is 0 Å². The molecule has 7 nitrogen and oxygen atoms in total. The second kappa shape index (κ2) is 8.73. The van der Waals surface area contributed by atoms with Crippen molar-refractivity contribution < 1.29 is 18.1 Å². The summed E-state index contributed by atoms with van der Waals surface area (Å²) in [7, 11) is -3.91. The molecule has 0 heterocycles. The number of fused-ring (bicyclic) bond motifs is 1. The van der Waals surface area contributed by atoms with Crippen molar-refractivity contribution in [1.82, 2.24) is 4.72 Å². The van der Waals surface area contributed by atoms with E-state index in [1.807, 2.05) is 42.5 Å². The molecule has 0 aliphatic heterocycles. The van der Waals surface area contributed by atoms with Crippen molar-refractivity contribution in [2.75, 3.05) is 13.2 Å². The van der Waals surface area contributed by atoms with Gasteiger partial charge in [-0.15, -0.1) is 0 Å². The van der Waals surface area contributed by atoms with Crippen LogP contribution in [-0.2, 0) is 10.0 Å². The zero-order valence-corrected chi connectivity index (χ0v) is 16.4. The highest BCUT2D eigenvalue weighted by Crippen LogP contribution is 2.25. The molecule has 0 radical (unpaired) electrons. The van der Waals surface area contributed by atoms with E-state index in [1.165, 1.54) is 12.1 Å². The number of nitro benzene ring substituents is 1. The van der Waals surface area contributed by atoms with Gasteiger partial charge in [0.25, 0.3) is 5.69 Å². The van der Waals surface area contributed by atoms with E-state index in [1.54, 1.807) is 6.92 Å². The number of benzene rings is 3. The third-order valence-electron chi connectivity index (χ3n) is 4.20. The number of nitrogens with zero attached hydrogens (tertiary/aromatic N) is 1. The predicted molar refractivity (Wildman–Crippen MR) is 110 cm³/mol. The summed E-state index contributed by atoms with van der Waals surface area (Å²) < 4.78 is 32.8. The van der Waals surface area contributed by atoms with E-state index in [2.05, 4.69) is 16.6 Å². The maximum Gasteiger partial charge on any atom is 0.270 e. The predicted octanol–water partition coefficient (Wildman–Crippen LogP) is 3.42. The second-order valence-electron chi connectivity index (χ2n) is 6.15. The lowest BCUT2D eigenvalue weighted by molar-refractivity contribution is -0.385. The summed E-state index contributed by atoms with van der Waals surface area (Å²) in [4.78, 5) is 10.1. The number of non-ortho nitro benzene ring substituents is 1. The molecule has 0 aliphatic rings. The minimum absolute atomic E-state index is 0.103. The molecule has 0 aliphatic carbocycles. The third kappa shape index (κ3) is 4.90. The summed E-state index contributed by atoms with van der Waals surface area (Å²) >= 11 is 0. The molecule has 0 saturated carbocycles. The van der Waals surface area contributed by atoms with Crippen LogP contribution in [0.25, 0.3) is 10.8 Å². The smallest absolute Gasteiger partial charge is 0.270 e. The molecule has 0 spiro atoms. The lowest BCUT2D eigenvalue weighted by atomic mass is 10.1. The molecule has 0 saturated heterocycles. The highest BCUT2D eigenvalue weighted by molar-refractivity contribution is 7.89. The fraction of sp³-hybridized carbons (Fsp3) is 0.143. The quantitative estimate of drug-likeness (QED) is 0.381. The summed E-state index contributed by atoms with van der Waals surface area (Å²) in [6.45, 7) is 1.54. The highest BCUT2D eigenvalue weighted by atomic mass is 32.2. The number of sulfonamides is 1. The topological polar surface area (TPSA) is 98.5 Å². The maximum atomic E-state index is 12.4. The van der Waals surface area contributed by atoms with E-state index in [0.717, 1.165) is 16.8 Å². The first-order valence-electron chi connectivity index (χ1n) is 8.69. The van der Waals surface area contributed by atoms with Crippen molar-refractivity contribution in [2.45, 2.75) is 11.8 Å². The van der Waals surface area contributed by atoms with Gasteiger partial charge in [-0.2, -0.15) is 4.72 Å². The van der Waals surface area contributed by atoms with Crippen molar-refractivity contribution in [3.8, 4) is 17.6 Å². The lowest BCUT2D eigenvalue weighted by Gasteiger charge is -2.07. The van der Waals surface area contributed by atoms with E-state index < -0.39 is 14.9 Å². The van der Waals surface area contributed by atoms with Gasteiger partial charge in [-0.25, -0.2) is 8.42 Å². The molecule has 1 N–H and O–H groups in total. The lowest BCUT2D eigenvalue weighted by Crippen LogP contribution is -2.25. The Hall–Kier alpha value is -3.41. The molecular formula is C21H18N2O5S. The van der Waals surface area contributed by atoms with Crippen LogP contribution in [0.15, 0.2) is 65.6 Å². The van der Waals surface area contributed by atoms with Gasteiger partial charge in [-0.1, -0.05) is 54.3 Å². The van der Waals surface area contributed by atoms with E-state index in [-0.39, 0.29) is 23.7 Å². The average molecular weight is 410 g/mol. The summed E-state index contributed by atoms with van der Waals surface area (Å²) in [5, 5.41) is 12.9. The number of hydrogen-bond acceptors (Lipinski definition) is 5. The van der Waals surface area contributed by atoms with E-state index in [0.29, 0.717) is 11.3 Å². The van der Waals surface area contributed by atoms with Crippen LogP contribution in [0, 0.1) is 28.9 Å². The largest absolute Gasteiger partial charge is 0.480 e. The SMILES string of the molecule is Cc1ccc([N+](=O)[O-])cc1S(=O)(=O)NCC#CCOc1cccc2ccccc12. The molecule has 0 fully saturated rings. The van der Waals surface area contributed by atoms with Gasteiger partial charge in [-0.05, 0) is 23.9 Å². The van der Waals surface area contributed by atoms with Crippen molar-refractivity contribution in [2.24, 2.45) is 0 Å². The van der Waals surface area contributed by atoms with Crippen LogP contribution in [0.2, 0.25) is 0 Å². The summed E-state index contributed by atoms with van der Waals surface area (Å²) in [6, 6.07) is 17.2. The molecule has 0 unspecified atom stereocenters. The standard InChI is InChI=1S/C21H18N2O5S/c1-16-11-12-18(23(24)25)15-21(16)29(26,27)22-13-4-5-14-28-20-10-6-8-17-7-2-3-9-19(17)20/h2-3,6-12,15,22H,13-14H2,1H3. The van der Waals surface area contributed by atoms with Gasteiger partial charge in [0.2, 0.25) is 10.0 Å². The van der Waals surface area contributed by atoms with Gasteiger partial charge in [0.1, 0.15) is 12.4 Å². The third-order valence-corrected chi connectivity index (χ3v) is 5.74. The molecule has 3 aromatic carbocycles. The summed E-state index contributed by atoms with van der Waals surface area (Å²) in [6.07, 6.45) is 0. The minimum Gasteiger partial charge on any atom is -0.480 e. The van der Waals surface area contributed by atoms with E-state index in [9.17, 15) is 18.5 Å². The first-order valence-corrected chi connectivity index (χ1v) is 10.2. The first kappa shape index (κ1) is 20.3. The van der Waals surface area contributed by atoms with Gasteiger partial charge in [0.05, 0.1) is 16.4 Å². The van der Waals surface area contributed by atoms with Crippen LogP contribution >= 0.6 is 0 Å². The number of hydrogen-bond donors (Lipinski definition) is 1. The summed E-state index contributed by atoms with van der Waals surface area (Å²) in [5.74, 6) is 6.15. The van der Waals surface area contributed by atoms with Gasteiger partial charge < -0.3 is 4.74 Å². The fourth-order valence-electron chi connectivity index (χ4n) is 2.75. The molecule has 29 heavy (non-hydrogen) atoms. The van der Waals surface area contributed by atoms with Gasteiger partial charge >= 0.3 is 0 Å². The van der Waals surface area contributed by atoms with Crippen LogP contribution < -0.4 is 9.46 Å².